The van der Waals surface area contributed by atoms with Gasteiger partial charge in [0.1, 0.15) is 5.75 Å². The topological polar surface area (TPSA) is 110 Å². The Morgan fingerprint density at radius 2 is 1.68 bits per heavy atom. The first-order chi connectivity index (χ1) is 13.3. The highest BCUT2D eigenvalue weighted by Gasteiger charge is 2.17. The highest BCUT2D eigenvalue weighted by atomic mass is 32.2. The molecule has 0 bridgehead atoms. The van der Waals surface area contributed by atoms with Crippen LogP contribution < -0.4 is 4.72 Å². The van der Waals surface area contributed by atoms with Gasteiger partial charge in [-0.2, -0.15) is 0 Å². The van der Waals surface area contributed by atoms with Crippen LogP contribution in [0.25, 0.3) is 0 Å². The smallest absolute Gasteiger partial charge is 0.269 e. The van der Waals surface area contributed by atoms with Gasteiger partial charge in [-0.15, -0.1) is 0 Å². The number of rotatable bonds is 6. The average molecular weight is 416 g/mol. The maximum absolute atomic E-state index is 12.7. The minimum Gasteiger partial charge on any atom is -0.508 e. The van der Waals surface area contributed by atoms with Crippen LogP contribution in [0.1, 0.15) is 5.56 Å². The molecule has 3 rings (SSSR count). The molecule has 0 fully saturated rings. The Morgan fingerprint density at radius 1 is 1.00 bits per heavy atom. The number of phenolic OH excluding ortho intramolecular Hbond substituents is 1. The molecule has 0 aromatic heterocycles. The van der Waals surface area contributed by atoms with Crippen LogP contribution in [-0.2, 0) is 10.0 Å². The number of benzene rings is 3. The van der Waals surface area contributed by atoms with Crippen molar-refractivity contribution in [3.8, 4) is 5.75 Å². The predicted octanol–water partition coefficient (Wildman–Crippen LogP) is 4.56. The quantitative estimate of drug-likeness (QED) is 0.450. The molecule has 0 unspecified atom stereocenters. The number of anilines is 1. The second-order valence-electron chi connectivity index (χ2n) is 5.88. The van der Waals surface area contributed by atoms with Crippen LogP contribution in [0, 0.1) is 17.0 Å². The first kappa shape index (κ1) is 19.7. The Morgan fingerprint density at radius 3 is 2.36 bits per heavy atom. The van der Waals surface area contributed by atoms with Crippen molar-refractivity contribution in [3.05, 3.63) is 82.4 Å². The van der Waals surface area contributed by atoms with Gasteiger partial charge in [0.2, 0.25) is 0 Å². The van der Waals surface area contributed by atoms with Gasteiger partial charge in [0, 0.05) is 27.5 Å². The van der Waals surface area contributed by atoms with E-state index in [4.69, 9.17) is 0 Å². The molecule has 2 N–H and O–H groups in total. The highest BCUT2D eigenvalue weighted by Crippen LogP contribution is 2.31. The number of hydrogen-bond acceptors (Lipinski definition) is 6. The molecule has 0 saturated carbocycles. The van der Waals surface area contributed by atoms with E-state index >= 15 is 0 Å². The van der Waals surface area contributed by atoms with E-state index in [1.54, 1.807) is 43.3 Å². The van der Waals surface area contributed by atoms with Gasteiger partial charge in [-0.3, -0.25) is 14.8 Å². The summed E-state index contributed by atoms with van der Waals surface area (Å²) in [6.45, 7) is 1.62. The van der Waals surface area contributed by atoms with E-state index in [1.165, 1.54) is 42.1 Å². The van der Waals surface area contributed by atoms with Crippen LogP contribution in [0.4, 0.5) is 11.4 Å². The zero-order valence-electron chi connectivity index (χ0n) is 14.7. The van der Waals surface area contributed by atoms with Gasteiger partial charge < -0.3 is 5.11 Å². The molecular weight excluding hydrogens is 400 g/mol. The SMILES string of the molecule is Cc1c(O)cccc1NS(=O)(=O)c1cccc(Sc2ccc([N+](=O)[O-])cc2)c1. The summed E-state index contributed by atoms with van der Waals surface area (Å²) in [6, 6.07) is 17.0. The number of nitrogens with one attached hydrogen (secondary N) is 1. The second-order valence-corrected chi connectivity index (χ2v) is 8.71. The maximum Gasteiger partial charge on any atom is 0.269 e. The molecule has 144 valence electrons. The number of sulfonamides is 1. The number of aromatic hydroxyl groups is 1. The zero-order chi connectivity index (χ0) is 20.3. The summed E-state index contributed by atoms with van der Waals surface area (Å²) in [5.41, 5.74) is 0.724. The molecule has 0 atom stereocenters. The van der Waals surface area contributed by atoms with Gasteiger partial charge in [-0.1, -0.05) is 23.9 Å². The fourth-order valence-electron chi connectivity index (χ4n) is 2.41. The Balaban J connectivity index is 1.83. The van der Waals surface area contributed by atoms with Crippen molar-refractivity contribution in [2.45, 2.75) is 21.6 Å². The lowest BCUT2D eigenvalue weighted by molar-refractivity contribution is -0.384. The molecule has 28 heavy (non-hydrogen) atoms. The fraction of sp³-hybridized carbons (Fsp3) is 0.0526. The predicted molar refractivity (Wildman–Crippen MR) is 107 cm³/mol. The molecule has 0 aliphatic carbocycles. The molecule has 3 aromatic carbocycles. The number of hydrogen-bond donors (Lipinski definition) is 2. The van der Waals surface area contributed by atoms with E-state index < -0.39 is 14.9 Å². The Labute approximate surface area is 166 Å². The molecule has 0 aliphatic heterocycles. The van der Waals surface area contributed by atoms with Crippen LogP contribution in [-0.4, -0.2) is 18.4 Å². The van der Waals surface area contributed by atoms with E-state index in [0.717, 1.165) is 4.90 Å². The minimum absolute atomic E-state index is 0.00248. The van der Waals surface area contributed by atoms with Crippen molar-refractivity contribution >= 4 is 33.2 Å². The van der Waals surface area contributed by atoms with E-state index in [-0.39, 0.29) is 16.3 Å². The fourth-order valence-corrected chi connectivity index (χ4v) is 4.53. The number of nitro benzene ring substituents is 1. The molecule has 0 radical (unpaired) electrons. The van der Waals surface area contributed by atoms with Gasteiger partial charge in [0.25, 0.3) is 15.7 Å². The Hall–Kier alpha value is -3.04. The standard InChI is InChI=1S/C19H16N2O5S2/c1-13-18(6-3-7-19(13)22)20-28(25,26)17-5-2-4-16(12-17)27-15-10-8-14(9-11-15)21(23)24/h2-12,20,22H,1H3. The van der Waals surface area contributed by atoms with Crippen LogP contribution in [0.15, 0.2) is 81.4 Å². The number of nitro groups is 1. The molecule has 0 saturated heterocycles. The summed E-state index contributed by atoms with van der Waals surface area (Å²) < 4.78 is 27.9. The lowest BCUT2D eigenvalue weighted by Gasteiger charge is -2.12. The number of phenols is 1. The van der Waals surface area contributed by atoms with Crippen LogP contribution in [0.5, 0.6) is 5.75 Å². The largest absolute Gasteiger partial charge is 0.508 e. The molecule has 7 nitrogen and oxygen atoms in total. The Bertz CT molecular complexity index is 1130. The summed E-state index contributed by atoms with van der Waals surface area (Å²) in [5, 5.41) is 20.5. The monoisotopic (exact) mass is 416 g/mol. The van der Waals surface area contributed by atoms with Gasteiger partial charge in [-0.25, -0.2) is 8.42 Å². The third kappa shape index (κ3) is 4.44. The number of non-ortho nitro benzene ring substituents is 1. The number of nitrogens with zero attached hydrogens (tertiary/aromatic N) is 1. The molecule has 3 aromatic rings. The molecule has 9 heteroatoms. The van der Waals surface area contributed by atoms with Gasteiger partial charge in [-0.05, 0) is 49.4 Å². The van der Waals surface area contributed by atoms with Crippen molar-refractivity contribution in [1.82, 2.24) is 0 Å². The van der Waals surface area contributed by atoms with Crippen LogP contribution in [0.3, 0.4) is 0 Å². The lowest BCUT2D eigenvalue weighted by Crippen LogP contribution is -2.13. The molecule has 0 heterocycles. The average Bonchev–Trinajstić information content (AvgIpc) is 2.66. The maximum atomic E-state index is 12.7. The van der Waals surface area contributed by atoms with E-state index in [2.05, 4.69) is 4.72 Å². The van der Waals surface area contributed by atoms with Gasteiger partial charge in [0.05, 0.1) is 15.5 Å². The summed E-state index contributed by atoms with van der Waals surface area (Å²) in [6.07, 6.45) is 0. The van der Waals surface area contributed by atoms with Crippen molar-refractivity contribution in [1.29, 1.82) is 0 Å². The molecule has 0 spiro atoms. The van der Waals surface area contributed by atoms with Crippen molar-refractivity contribution < 1.29 is 18.4 Å². The summed E-state index contributed by atoms with van der Waals surface area (Å²) >= 11 is 1.30. The summed E-state index contributed by atoms with van der Waals surface area (Å²) in [4.78, 5) is 11.7. The van der Waals surface area contributed by atoms with Crippen molar-refractivity contribution in [3.63, 3.8) is 0 Å². The Kier molecular flexibility index (Phi) is 5.57. The van der Waals surface area contributed by atoms with Gasteiger partial charge >= 0.3 is 0 Å². The second kappa shape index (κ2) is 7.91. The minimum atomic E-state index is -3.85. The first-order valence-corrected chi connectivity index (χ1v) is 10.4. The zero-order valence-corrected chi connectivity index (χ0v) is 16.3. The first-order valence-electron chi connectivity index (χ1n) is 8.10. The third-order valence-electron chi connectivity index (χ3n) is 3.95. The van der Waals surface area contributed by atoms with Crippen LogP contribution >= 0.6 is 11.8 Å². The normalized spacial score (nSPS) is 11.2. The summed E-state index contributed by atoms with van der Waals surface area (Å²) in [5.74, 6) is 0.00248. The van der Waals surface area contributed by atoms with E-state index in [0.29, 0.717) is 16.1 Å². The molecule has 0 aliphatic rings. The van der Waals surface area contributed by atoms with Crippen molar-refractivity contribution in [2.75, 3.05) is 4.72 Å². The van der Waals surface area contributed by atoms with Crippen molar-refractivity contribution in [2.24, 2.45) is 0 Å². The van der Waals surface area contributed by atoms with Gasteiger partial charge in [0.15, 0.2) is 0 Å². The third-order valence-corrected chi connectivity index (χ3v) is 6.31. The summed E-state index contributed by atoms with van der Waals surface area (Å²) in [7, 11) is -3.85. The lowest BCUT2D eigenvalue weighted by atomic mass is 10.2. The van der Waals surface area contributed by atoms with E-state index in [1.807, 2.05) is 0 Å². The molecular formula is C19H16N2O5S2. The molecule has 0 amide bonds. The van der Waals surface area contributed by atoms with E-state index in [9.17, 15) is 23.6 Å². The van der Waals surface area contributed by atoms with Crippen LogP contribution in [0.2, 0.25) is 0 Å². The highest BCUT2D eigenvalue weighted by molar-refractivity contribution is 7.99.